The Kier molecular flexibility index (Phi) is 24.2. The number of rotatable bonds is 18. The van der Waals surface area contributed by atoms with Crippen LogP contribution in [0, 0.1) is 10.1 Å². The monoisotopic (exact) mass is 392 g/mol. The Hall–Kier alpha value is -0.920. The van der Waals surface area contributed by atoms with Crippen LogP contribution in [0.2, 0.25) is 0 Å². The molecule has 164 valence electrons. The molecule has 0 aliphatic rings. The molecule has 0 spiro atoms. The molecule has 27 heavy (non-hydrogen) atoms. The lowest BCUT2D eigenvalue weighted by molar-refractivity contribution is -0.742. The minimum Gasteiger partial charge on any atom is -0.367 e. The van der Waals surface area contributed by atoms with Gasteiger partial charge in [0.1, 0.15) is 0 Å². The number of nitrogens with zero attached hydrogens (tertiary/aromatic N) is 1. The van der Waals surface area contributed by atoms with Crippen molar-refractivity contribution in [2.75, 3.05) is 0 Å². The molecular weight excluding hydrogens is 348 g/mol. The molecule has 1 unspecified atom stereocenters. The molecule has 0 aromatic rings. The molecule has 0 aromatic carbocycles. The van der Waals surface area contributed by atoms with Gasteiger partial charge in [0.05, 0.1) is 6.04 Å². The van der Waals surface area contributed by atoms with Gasteiger partial charge in [-0.05, 0) is 6.42 Å². The van der Waals surface area contributed by atoms with Crippen LogP contribution < -0.4 is 5.73 Å². The van der Waals surface area contributed by atoms with Crippen LogP contribution in [0.25, 0.3) is 0 Å². The molecule has 0 heterocycles. The van der Waals surface area contributed by atoms with Gasteiger partial charge in [-0.3, -0.25) is 0 Å². The van der Waals surface area contributed by atoms with Crippen LogP contribution in [-0.4, -0.2) is 32.8 Å². The van der Waals surface area contributed by atoms with Crippen LogP contribution in [-0.2, 0) is 0 Å². The molecule has 0 radical (unpaired) electrons. The van der Waals surface area contributed by atoms with Crippen molar-refractivity contribution in [3.05, 3.63) is 10.1 Å². The summed E-state index contributed by atoms with van der Waals surface area (Å²) >= 11 is 0. The predicted octanol–water partition coefficient (Wildman–Crippen LogP) is 4.93. The van der Waals surface area contributed by atoms with Crippen LogP contribution >= 0.6 is 0 Å². The third-order valence-corrected chi connectivity index (χ3v) is 4.77. The summed E-state index contributed by atoms with van der Waals surface area (Å²) in [5, 5.41) is 31.4. The first-order chi connectivity index (χ1) is 12.9. The molecule has 0 bridgehead atoms. The Balaban J connectivity index is 0. The highest BCUT2D eigenvalue weighted by molar-refractivity contribution is 4.62. The summed E-state index contributed by atoms with van der Waals surface area (Å²) in [6, 6.07) is -0.471. The second-order valence-electron chi connectivity index (χ2n) is 7.41. The van der Waals surface area contributed by atoms with E-state index in [0.29, 0.717) is 0 Å². The van der Waals surface area contributed by atoms with Gasteiger partial charge in [-0.1, -0.05) is 110 Å². The molecule has 0 fully saturated rings. The summed E-state index contributed by atoms with van der Waals surface area (Å²) in [6.45, 7) is 2.28. The highest BCUT2D eigenvalue weighted by Gasteiger charge is 2.09. The average molecular weight is 393 g/mol. The van der Waals surface area contributed by atoms with Crippen molar-refractivity contribution in [2.45, 2.75) is 128 Å². The summed E-state index contributed by atoms with van der Waals surface area (Å²) in [4.78, 5) is 8.36. The van der Waals surface area contributed by atoms with E-state index >= 15 is 0 Å². The van der Waals surface area contributed by atoms with E-state index < -0.39 is 17.4 Å². The van der Waals surface area contributed by atoms with Crippen LogP contribution in [0.3, 0.4) is 0 Å². The Morgan fingerprint density at radius 2 is 1.00 bits per heavy atom. The van der Waals surface area contributed by atoms with E-state index in [4.69, 9.17) is 31.3 Å². The van der Waals surface area contributed by atoms with E-state index in [-0.39, 0.29) is 0 Å². The van der Waals surface area contributed by atoms with Crippen LogP contribution in [0.5, 0.6) is 0 Å². The summed E-state index contributed by atoms with van der Waals surface area (Å²) < 4.78 is 0. The highest BCUT2D eigenvalue weighted by Crippen LogP contribution is 2.14. The molecule has 0 saturated heterocycles. The van der Waals surface area contributed by atoms with E-state index in [9.17, 15) is 0 Å². The highest BCUT2D eigenvalue weighted by atomic mass is 16.9. The SMILES string of the molecule is CCCCCCCCCCCCCCCCCCC(N)C(O)O.O=[N+]([O-])O. The Bertz CT molecular complexity index is 300. The standard InChI is InChI=1S/C20H43NO2.HNO3/c1-2-3-4-5-6-7-8-9-10-11-12-13-14-15-16-17-18-19(21)20(22)23;2-1(3)4/h19-20,22-23H,2-18,21H2,1H3;(H,2,3,4). The second kappa shape index (κ2) is 23.1. The summed E-state index contributed by atoms with van der Waals surface area (Å²) in [7, 11) is 0. The zero-order chi connectivity index (χ0) is 20.8. The minimum atomic E-state index is -1.50. The number of aliphatic hydroxyl groups is 2. The molecular formula is C20H44N2O5. The number of nitrogens with two attached hydrogens (primary N) is 1. The van der Waals surface area contributed by atoms with Gasteiger partial charge in [0, 0.05) is 0 Å². The summed E-state index contributed by atoms with van der Waals surface area (Å²) in [6.07, 6.45) is 21.0. The third kappa shape index (κ3) is 30.1. The molecule has 0 aromatic heterocycles. The van der Waals surface area contributed by atoms with E-state index in [2.05, 4.69) is 6.92 Å². The fourth-order valence-corrected chi connectivity index (χ4v) is 3.08. The molecule has 0 amide bonds. The maximum atomic E-state index is 8.88. The van der Waals surface area contributed by atoms with Crippen molar-refractivity contribution in [3.8, 4) is 0 Å². The maximum Gasteiger partial charge on any atom is 0.291 e. The first kappa shape index (κ1) is 28.3. The quantitative estimate of drug-likeness (QED) is 0.113. The smallest absolute Gasteiger partial charge is 0.291 e. The largest absolute Gasteiger partial charge is 0.367 e. The first-order valence-corrected chi connectivity index (χ1v) is 10.9. The zero-order valence-electron chi connectivity index (χ0n) is 17.4. The van der Waals surface area contributed by atoms with E-state index in [1.54, 1.807) is 0 Å². The molecule has 7 nitrogen and oxygen atoms in total. The van der Waals surface area contributed by atoms with Crippen LogP contribution in [0.1, 0.15) is 116 Å². The van der Waals surface area contributed by atoms with Gasteiger partial charge < -0.3 is 21.2 Å². The van der Waals surface area contributed by atoms with Gasteiger partial charge >= 0.3 is 0 Å². The van der Waals surface area contributed by atoms with E-state index in [0.717, 1.165) is 12.8 Å². The van der Waals surface area contributed by atoms with Gasteiger partial charge in [-0.2, -0.15) is 0 Å². The van der Waals surface area contributed by atoms with E-state index in [1.165, 1.54) is 96.3 Å². The maximum absolute atomic E-state index is 8.88. The molecule has 1 atom stereocenters. The molecule has 0 aliphatic carbocycles. The first-order valence-electron chi connectivity index (χ1n) is 10.9. The van der Waals surface area contributed by atoms with Crippen molar-refractivity contribution >= 4 is 0 Å². The Morgan fingerprint density at radius 1 is 0.741 bits per heavy atom. The average Bonchev–Trinajstić information content (AvgIpc) is 2.60. The van der Waals surface area contributed by atoms with Crippen LogP contribution in [0.15, 0.2) is 0 Å². The van der Waals surface area contributed by atoms with Gasteiger partial charge in [0.15, 0.2) is 6.29 Å². The second-order valence-corrected chi connectivity index (χ2v) is 7.41. The number of unbranched alkanes of at least 4 members (excludes halogenated alkanes) is 15. The summed E-state index contributed by atoms with van der Waals surface area (Å²) in [5.74, 6) is 0. The fourth-order valence-electron chi connectivity index (χ4n) is 3.08. The van der Waals surface area contributed by atoms with Crippen molar-refractivity contribution < 1.29 is 20.5 Å². The minimum absolute atomic E-state index is 0.471. The molecule has 0 aliphatic heterocycles. The van der Waals surface area contributed by atoms with Crippen LogP contribution in [0.4, 0.5) is 0 Å². The van der Waals surface area contributed by atoms with Crippen molar-refractivity contribution in [2.24, 2.45) is 5.73 Å². The summed E-state index contributed by atoms with van der Waals surface area (Å²) in [5.41, 5.74) is 5.58. The lowest BCUT2D eigenvalue weighted by Crippen LogP contribution is -2.34. The predicted molar refractivity (Wildman–Crippen MR) is 109 cm³/mol. The van der Waals surface area contributed by atoms with Crippen molar-refractivity contribution in [1.82, 2.24) is 0 Å². The molecule has 5 N–H and O–H groups in total. The van der Waals surface area contributed by atoms with Crippen molar-refractivity contribution in [3.63, 3.8) is 0 Å². The molecule has 0 saturated carbocycles. The van der Waals surface area contributed by atoms with Gasteiger partial charge in [0.2, 0.25) is 0 Å². The lowest BCUT2D eigenvalue weighted by Gasteiger charge is -2.12. The molecule has 7 heteroatoms. The Labute approximate surface area is 165 Å². The number of aliphatic hydroxyl groups excluding tert-OH is 1. The number of hydrogen-bond donors (Lipinski definition) is 4. The fraction of sp³-hybridized carbons (Fsp3) is 1.00. The van der Waals surface area contributed by atoms with Crippen molar-refractivity contribution in [1.29, 1.82) is 0 Å². The van der Waals surface area contributed by atoms with Gasteiger partial charge in [0.25, 0.3) is 5.09 Å². The van der Waals surface area contributed by atoms with Gasteiger partial charge in [-0.25, -0.2) is 0 Å². The number of hydrogen-bond acceptors (Lipinski definition) is 5. The van der Waals surface area contributed by atoms with Gasteiger partial charge in [-0.15, -0.1) is 10.1 Å². The zero-order valence-corrected chi connectivity index (χ0v) is 17.4. The molecule has 0 rings (SSSR count). The lowest BCUT2D eigenvalue weighted by atomic mass is 10.0. The Morgan fingerprint density at radius 3 is 1.26 bits per heavy atom. The normalized spacial score (nSPS) is 11.9. The van der Waals surface area contributed by atoms with E-state index in [1.807, 2.05) is 0 Å². The third-order valence-electron chi connectivity index (χ3n) is 4.77. The topological polar surface area (TPSA) is 130 Å².